The molecule has 0 saturated carbocycles. The van der Waals surface area contributed by atoms with Crippen LogP contribution in [-0.2, 0) is 22.7 Å². The SMILES string of the molecule is Cc1cccc(CN2CCCCC23CCN(Cc2cccnc2)C3)n1.O=C(O)C(F)(F)F.O=C(O)C(F)(F)F. The number of rotatable bonds is 4. The Hall–Kier alpha value is -3.26. The Morgan fingerprint density at radius 2 is 1.56 bits per heavy atom. The molecule has 2 aromatic rings. The van der Waals surface area contributed by atoms with E-state index in [1.54, 1.807) is 0 Å². The average Bonchev–Trinajstić information content (AvgIpc) is 3.24. The number of halogens is 6. The molecule has 216 valence electrons. The summed E-state index contributed by atoms with van der Waals surface area (Å²) in [7, 11) is 0. The summed E-state index contributed by atoms with van der Waals surface area (Å²) in [6.07, 6.45) is -1.04. The Balaban J connectivity index is 0.000000317. The molecule has 4 heterocycles. The van der Waals surface area contributed by atoms with Crippen molar-refractivity contribution in [3.8, 4) is 0 Å². The van der Waals surface area contributed by atoms with Crippen LogP contribution in [0.25, 0.3) is 0 Å². The molecular weight excluding hydrogens is 534 g/mol. The van der Waals surface area contributed by atoms with Gasteiger partial charge in [0.05, 0.1) is 5.69 Å². The first-order chi connectivity index (χ1) is 18.1. The van der Waals surface area contributed by atoms with Gasteiger partial charge in [-0.2, -0.15) is 26.3 Å². The smallest absolute Gasteiger partial charge is 0.475 e. The number of pyridine rings is 2. The van der Waals surface area contributed by atoms with E-state index in [9.17, 15) is 26.3 Å². The maximum atomic E-state index is 10.6. The van der Waals surface area contributed by atoms with Crippen LogP contribution >= 0.6 is 0 Å². The Bertz CT molecular complexity index is 1060. The lowest BCUT2D eigenvalue weighted by molar-refractivity contribution is -0.193. The summed E-state index contributed by atoms with van der Waals surface area (Å²) < 4.78 is 63.5. The van der Waals surface area contributed by atoms with E-state index in [1.807, 2.05) is 18.5 Å². The second-order valence-electron chi connectivity index (χ2n) is 9.30. The lowest BCUT2D eigenvalue weighted by Gasteiger charge is -2.45. The van der Waals surface area contributed by atoms with Crippen molar-refractivity contribution in [2.45, 2.75) is 63.6 Å². The number of aryl methyl sites for hydroxylation is 1. The number of nitrogens with zero attached hydrogens (tertiary/aromatic N) is 4. The van der Waals surface area contributed by atoms with Crippen molar-refractivity contribution in [1.29, 1.82) is 0 Å². The molecule has 2 fully saturated rings. The van der Waals surface area contributed by atoms with E-state index in [-0.39, 0.29) is 0 Å². The zero-order valence-corrected chi connectivity index (χ0v) is 21.2. The van der Waals surface area contributed by atoms with E-state index < -0.39 is 24.3 Å². The van der Waals surface area contributed by atoms with Crippen molar-refractivity contribution >= 4 is 11.9 Å². The number of aliphatic carboxylic acids is 2. The van der Waals surface area contributed by atoms with E-state index >= 15 is 0 Å². The lowest BCUT2D eigenvalue weighted by atomic mass is 9.85. The van der Waals surface area contributed by atoms with Gasteiger partial charge in [0.1, 0.15) is 0 Å². The second-order valence-corrected chi connectivity index (χ2v) is 9.30. The fourth-order valence-electron chi connectivity index (χ4n) is 4.57. The Morgan fingerprint density at radius 3 is 2.10 bits per heavy atom. The molecule has 0 aliphatic carbocycles. The first-order valence-electron chi connectivity index (χ1n) is 12.0. The van der Waals surface area contributed by atoms with Crippen LogP contribution in [0.15, 0.2) is 42.7 Å². The average molecular weight is 565 g/mol. The maximum absolute atomic E-state index is 10.6. The highest BCUT2D eigenvalue weighted by molar-refractivity contribution is 5.73. The molecule has 1 spiro atoms. The van der Waals surface area contributed by atoms with Crippen LogP contribution in [0.2, 0.25) is 0 Å². The fourth-order valence-corrected chi connectivity index (χ4v) is 4.57. The number of carbonyl (C=O) groups is 2. The third kappa shape index (κ3) is 10.4. The van der Waals surface area contributed by atoms with Gasteiger partial charge in [0, 0.05) is 49.8 Å². The Labute approximate surface area is 221 Å². The summed E-state index contributed by atoms with van der Waals surface area (Å²) in [6.45, 7) is 7.66. The first-order valence-corrected chi connectivity index (χ1v) is 12.0. The van der Waals surface area contributed by atoms with E-state index in [4.69, 9.17) is 24.8 Å². The monoisotopic (exact) mass is 564 g/mol. The van der Waals surface area contributed by atoms with Gasteiger partial charge in [-0.05, 0) is 56.5 Å². The van der Waals surface area contributed by atoms with Crippen LogP contribution in [-0.4, -0.2) is 79.4 Å². The molecule has 2 N–H and O–H groups in total. The van der Waals surface area contributed by atoms with Gasteiger partial charge < -0.3 is 10.2 Å². The van der Waals surface area contributed by atoms with E-state index in [1.165, 1.54) is 56.6 Å². The molecular formula is C25H30F6N4O4. The van der Waals surface area contributed by atoms with Gasteiger partial charge in [-0.3, -0.25) is 19.8 Å². The van der Waals surface area contributed by atoms with Crippen LogP contribution in [0.5, 0.6) is 0 Å². The zero-order chi connectivity index (χ0) is 29.3. The second kappa shape index (κ2) is 13.7. The molecule has 2 aromatic heterocycles. The van der Waals surface area contributed by atoms with Crippen molar-refractivity contribution in [3.63, 3.8) is 0 Å². The van der Waals surface area contributed by atoms with Crippen LogP contribution in [0.4, 0.5) is 26.3 Å². The quantitative estimate of drug-likeness (QED) is 0.516. The Kier molecular flexibility index (Phi) is 11.2. The van der Waals surface area contributed by atoms with Crippen molar-refractivity contribution in [2.75, 3.05) is 19.6 Å². The molecule has 0 radical (unpaired) electrons. The summed E-state index contributed by atoms with van der Waals surface area (Å²) in [5.74, 6) is -5.51. The minimum Gasteiger partial charge on any atom is -0.475 e. The largest absolute Gasteiger partial charge is 0.490 e. The van der Waals surface area contributed by atoms with Crippen molar-refractivity contribution in [3.05, 3.63) is 59.7 Å². The summed E-state index contributed by atoms with van der Waals surface area (Å²) in [6, 6.07) is 10.6. The van der Waals surface area contributed by atoms with Crippen LogP contribution in [0.3, 0.4) is 0 Å². The molecule has 0 aromatic carbocycles. The topological polar surface area (TPSA) is 107 Å². The molecule has 2 aliphatic heterocycles. The highest BCUT2D eigenvalue weighted by atomic mass is 19.4. The molecule has 39 heavy (non-hydrogen) atoms. The number of piperidine rings is 1. The molecule has 1 unspecified atom stereocenters. The van der Waals surface area contributed by atoms with Gasteiger partial charge in [0.15, 0.2) is 0 Å². The number of carboxylic acid groups (broad SMARTS) is 2. The van der Waals surface area contributed by atoms with Gasteiger partial charge >= 0.3 is 24.3 Å². The molecule has 0 amide bonds. The van der Waals surface area contributed by atoms with Crippen LogP contribution in [0.1, 0.15) is 42.6 Å². The predicted octanol–water partition coefficient (Wildman–Crippen LogP) is 4.68. The highest BCUT2D eigenvalue weighted by Crippen LogP contribution is 2.37. The maximum Gasteiger partial charge on any atom is 0.490 e. The van der Waals surface area contributed by atoms with E-state index in [0.29, 0.717) is 5.54 Å². The number of likely N-dealkylation sites (tertiary alicyclic amines) is 2. The highest BCUT2D eigenvalue weighted by Gasteiger charge is 2.44. The standard InChI is InChI=1S/C21H28N4.2C2HF3O2/c1-18-6-4-8-20(23-18)16-25-12-3-2-9-21(25)10-13-24(17-21)15-19-7-5-11-22-14-19;2*3-2(4,5)1(6)7/h4-8,11,14H,2-3,9-10,12-13,15-17H2,1H3;2*(H,6,7). The van der Waals surface area contributed by atoms with Gasteiger partial charge in [0.25, 0.3) is 0 Å². The number of aromatic nitrogens is 2. The van der Waals surface area contributed by atoms with Crippen LogP contribution < -0.4 is 0 Å². The number of hydrogen-bond acceptors (Lipinski definition) is 6. The van der Waals surface area contributed by atoms with Crippen molar-refractivity contribution < 1.29 is 46.1 Å². The zero-order valence-electron chi connectivity index (χ0n) is 21.2. The molecule has 2 saturated heterocycles. The molecule has 1 atom stereocenters. The van der Waals surface area contributed by atoms with Gasteiger partial charge in [0.2, 0.25) is 0 Å². The van der Waals surface area contributed by atoms with Gasteiger partial charge in [-0.25, -0.2) is 9.59 Å². The summed E-state index contributed by atoms with van der Waals surface area (Å²) in [5, 5.41) is 14.2. The molecule has 8 nitrogen and oxygen atoms in total. The van der Waals surface area contributed by atoms with E-state index in [2.05, 4.69) is 46.0 Å². The lowest BCUT2D eigenvalue weighted by Crippen LogP contribution is -2.53. The Morgan fingerprint density at radius 1 is 0.923 bits per heavy atom. The minimum atomic E-state index is -5.08. The molecule has 0 bridgehead atoms. The molecule has 2 aliphatic rings. The summed E-state index contributed by atoms with van der Waals surface area (Å²) >= 11 is 0. The minimum absolute atomic E-state index is 0.339. The number of carboxylic acids is 2. The fraction of sp³-hybridized carbons (Fsp3) is 0.520. The molecule has 4 rings (SSSR count). The van der Waals surface area contributed by atoms with Crippen LogP contribution in [0, 0.1) is 6.92 Å². The normalized spacial score (nSPS) is 20.0. The third-order valence-corrected chi connectivity index (χ3v) is 6.32. The summed E-state index contributed by atoms with van der Waals surface area (Å²) in [5.41, 5.74) is 3.99. The number of alkyl halides is 6. The molecule has 14 heteroatoms. The first kappa shape index (κ1) is 32.0. The number of hydrogen-bond donors (Lipinski definition) is 2. The summed E-state index contributed by atoms with van der Waals surface area (Å²) in [4.78, 5) is 32.1. The van der Waals surface area contributed by atoms with Crippen molar-refractivity contribution in [1.82, 2.24) is 19.8 Å². The van der Waals surface area contributed by atoms with Gasteiger partial charge in [-0.15, -0.1) is 0 Å². The third-order valence-electron chi connectivity index (χ3n) is 6.32. The van der Waals surface area contributed by atoms with Gasteiger partial charge in [-0.1, -0.05) is 18.6 Å². The van der Waals surface area contributed by atoms with Crippen molar-refractivity contribution in [2.24, 2.45) is 0 Å². The van der Waals surface area contributed by atoms with E-state index in [0.717, 1.165) is 18.8 Å². The predicted molar refractivity (Wildman–Crippen MR) is 127 cm³/mol.